The summed E-state index contributed by atoms with van der Waals surface area (Å²) in [5.41, 5.74) is 1.82. The van der Waals surface area contributed by atoms with E-state index in [0.717, 1.165) is 16.7 Å². The Labute approximate surface area is 233 Å². The zero-order valence-corrected chi connectivity index (χ0v) is 23.3. The van der Waals surface area contributed by atoms with Crippen molar-refractivity contribution in [2.75, 3.05) is 19.0 Å². The van der Waals surface area contributed by atoms with Gasteiger partial charge in [0.15, 0.2) is 0 Å². The van der Waals surface area contributed by atoms with Gasteiger partial charge < -0.3 is 14.8 Å². The molecule has 0 saturated carbocycles. The van der Waals surface area contributed by atoms with Crippen LogP contribution in [0.4, 0.5) is 14.9 Å². The van der Waals surface area contributed by atoms with Crippen molar-refractivity contribution in [3.8, 4) is 11.5 Å². The van der Waals surface area contributed by atoms with Crippen LogP contribution < -0.4 is 14.8 Å². The molecule has 0 aliphatic carbocycles. The van der Waals surface area contributed by atoms with E-state index in [-0.39, 0.29) is 17.3 Å². The van der Waals surface area contributed by atoms with Gasteiger partial charge >= 0.3 is 0 Å². The van der Waals surface area contributed by atoms with Gasteiger partial charge in [-0.2, -0.15) is 0 Å². The van der Waals surface area contributed by atoms with Crippen molar-refractivity contribution in [3.63, 3.8) is 0 Å². The van der Waals surface area contributed by atoms with Gasteiger partial charge in [-0.25, -0.2) is 4.39 Å². The van der Waals surface area contributed by atoms with Crippen LogP contribution in [0.3, 0.4) is 0 Å². The number of rotatable bonds is 8. The maximum Gasteiger partial charge on any atom is 0.294 e. The molecule has 1 aliphatic heterocycles. The number of carbonyl (C=O) groups excluding carboxylic acids is 3. The summed E-state index contributed by atoms with van der Waals surface area (Å²) in [5, 5.41) is 2.12. The fraction of sp³-hybridized carbons (Fsp3) is 0.115. The van der Waals surface area contributed by atoms with Gasteiger partial charge in [-0.15, -0.1) is 0 Å². The molecule has 0 bridgehead atoms. The van der Waals surface area contributed by atoms with Crippen molar-refractivity contribution in [1.82, 2.24) is 4.90 Å². The molecule has 3 amide bonds. The van der Waals surface area contributed by atoms with Gasteiger partial charge in [0.25, 0.3) is 11.1 Å². The van der Waals surface area contributed by atoms with Crippen LogP contribution in [0, 0.1) is 5.82 Å². The molecule has 7 nitrogen and oxygen atoms in total. The molecule has 1 aliphatic rings. The van der Waals surface area contributed by atoms with E-state index in [0.29, 0.717) is 37.3 Å². The predicted octanol–water partition coefficient (Wildman–Crippen LogP) is 6.61. The molecule has 0 aromatic heterocycles. The van der Waals surface area contributed by atoms with Gasteiger partial charge in [-0.05, 0) is 109 Å². The molecule has 190 valence electrons. The summed E-state index contributed by atoms with van der Waals surface area (Å²) in [6, 6.07) is 16.3. The molecule has 1 saturated heterocycles. The SMILES string of the molecule is COc1ccc(NC(=O)CN2C(=O)S/C(=C/c3cc(Br)c(OCc4cccc(F)c4)c(Br)c3)C2=O)cc1. The van der Waals surface area contributed by atoms with Crippen LogP contribution in [-0.2, 0) is 16.2 Å². The second kappa shape index (κ2) is 11.9. The molecule has 1 heterocycles. The van der Waals surface area contributed by atoms with E-state index >= 15 is 0 Å². The van der Waals surface area contributed by atoms with E-state index in [1.54, 1.807) is 54.6 Å². The molecule has 37 heavy (non-hydrogen) atoms. The minimum Gasteiger partial charge on any atom is -0.497 e. The van der Waals surface area contributed by atoms with Gasteiger partial charge in [-0.1, -0.05) is 12.1 Å². The first-order chi connectivity index (χ1) is 17.7. The Morgan fingerprint density at radius 1 is 1.08 bits per heavy atom. The van der Waals surface area contributed by atoms with E-state index in [1.165, 1.54) is 19.2 Å². The number of thioether (sulfide) groups is 1. The van der Waals surface area contributed by atoms with Crippen LogP contribution in [0.15, 0.2) is 74.5 Å². The molecule has 1 N–H and O–H groups in total. The minimum absolute atomic E-state index is 0.159. The number of halogens is 3. The first kappa shape index (κ1) is 26.9. The standard InChI is InChI=1S/C26H19Br2FN2O5S/c1-35-19-7-5-18(6-8-19)30-23(32)13-31-25(33)22(37-26(31)34)12-16-10-20(27)24(21(28)11-16)36-14-15-3-2-4-17(29)9-15/h2-12H,13-14H2,1H3,(H,30,32)/b22-12+. The number of nitrogens with one attached hydrogen (secondary N) is 1. The van der Waals surface area contributed by atoms with Gasteiger partial charge in [0, 0.05) is 5.69 Å². The third-order valence-corrected chi connectivity index (χ3v) is 7.23. The smallest absolute Gasteiger partial charge is 0.294 e. The second-order valence-corrected chi connectivity index (χ2v) is 10.5. The summed E-state index contributed by atoms with van der Waals surface area (Å²) in [7, 11) is 1.54. The zero-order valence-electron chi connectivity index (χ0n) is 19.3. The molecule has 3 aromatic rings. The van der Waals surface area contributed by atoms with Crippen molar-refractivity contribution in [1.29, 1.82) is 0 Å². The lowest BCUT2D eigenvalue weighted by molar-refractivity contribution is -0.127. The Kier molecular flexibility index (Phi) is 8.67. The number of methoxy groups -OCH3 is 1. The molecule has 0 radical (unpaired) electrons. The summed E-state index contributed by atoms with van der Waals surface area (Å²) in [4.78, 5) is 38.8. The largest absolute Gasteiger partial charge is 0.497 e. The number of carbonyl (C=O) groups is 3. The number of anilines is 1. The highest BCUT2D eigenvalue weighted by Crippen LogP contribution is 2.38. The Balaban J connectivity index is 1.42. The number of nitrogens with zero attached hydrogens (tertiary/aromatic N) is 1. The molecule has 0 spiro atoms. The number of amides is 3. The zero-order chi connectivity index (χ0) is 26.5. The quantitative estimate of drug-likeness (QED) is 0.276. The maximum atomic E-state index is 13.4. The van der Waals surface area contributed by atoms with Crippen molar-refractivity contribution in [2.24, 2.45) is 0 Å². The molecule has 1 fully saturated rings. The third-order valence-electron chi connectivity index (χ3n) is 5.14. The molecular formula is C26H19Br2FN2O5S. The van der Waals surface area contributed by atoms with Gasteiger partial charge in [0.05, 0.1) is 21.0 Å². The minimum atomic E-state index is -0.557. The number of benzene rings is 3. The summed E-state index contributed by atoms with van der Waals surface area (Å²) in [5.74, 6) is -0.262. The summed E-state index contributed by atoms with van der Waals surface area (Å²) in [6.07, 6.45) is 1.57. The molecule has 0 atom stereocenters. The monoisotopic (exact) mass is 648 g/mol. The lowest BCUT2D eigenvalue weighted by Gasteiger charge is -2.13. The van der Waals surface area contributed by atoms with E-state index in [2.05, 4.69) is 37.2 Å². The first-order valence-electron chi connectivity index (χ1n) is 10.8. The van der Waals surface area contributed by atoms with Crippen molar-refractivity contribution in [2.45, 2.75) is 6.61 Å². The Morgan fingerprint density at radius 3 is 2.43 bits per heavy atom. The van der Waals surface area contributed by atoms with Crippen LogP contribution in [0.25, 0.3) is 6.08 Å². The lowest BCUT2D eigenvalue weighted by Crippen LogP contribution is -2.36. The maximum absolute atomic E-state index is 13.4. The van der Waals surface area contributed by atoms with E-state index in [9.17, 15) is 18.8 Å². The Bertz CT molecular complexity index is 1370. The van der Waals surface area contributed by atoms with E-state index in [1.807, 2.05) is 0 Å². The van der Waals surface area contributed by atoms with E-state index in [4.69, 9.17) is 9.47 Å². The van der Waals surface area contributed by atoms with Gasteiger partial charge in [0.2, 0.25) is 5.91 Å². The van der Waals surface area contributed by atoms with Crippen LogP contribution >= 0.6 is 43.6 Å². The average Bonchev–Trinajstić information content (AvgIpc) is 3.11. The summed E-state index contributed by atoms with van der Waals surface area (Å²) >= 11 is 7.68. The van der Waals surface area contributed by atoms with Crippen LogP contribution in [0.1, 0.15) is 11.1 Å². The molecule has 4 rings (SSSR count). The Morgan fingerprint density at radius 2 is 1.78 bits per heavy atom. The van der Waals surface area contributed by atoms with Crippen LogP contribution in [0.2, 0.25) is 0 Å². The fourth-order valence-corrected chi connectivity index (χ4v) is 5.68. The van der Waals surface area contributed by atoms with Gasteiger partial charge in [-0.3, -0.25) is 19.3 Å². The predicted molar refractivity (Wildman–Crippen MR) is 147 cm³/mol. The van der Waals surface area contributed by atoms with E-state index < -0.39 is 23.6 Å². The Hall–Kier alpha value is -3.15. The normalized spacial score (nSPS) is 14.3. The highest BCUT2D eigenvalue weighted by molar-refractivity contribution is 9.11. The molecule has 11 heteroatoms. The number of imide groups is 1. The number of ether oxygens (including phenoxy) is 2. The molecular weight excluding hydrogens is 631 g/mol. The average molecular weight is 650 g/mol. The highest BCUT2D eigenvalue weighted by atomic mass is 79.9. The first-order valence-corrected chi connectivity index (χ1v) is 13.2. The third kappa shape index (κ3) is 6.79. The molecule has 3 aromatic carbocycles. The van der Waals surface area contributed by atoms with Crippen LogP contribution in [-0.4, -0.2) is 35.6 Å². The topological polar surface area (TPSA) is 84.9 Å². The van der Waals surface area contributed by atoms with Crippen LogP contribution in [0.5, 0.6) is 11.5 Å². The molecule has 0 unspecified atom stereocenters. The second-order valence-electron chi connectivity index (χ2n) is 7.78. The highest BCUT2D eigenvalue weighted by Gasteiger charge is 2.36. The van der Waals surface area contributed by atoms with Crippen molar-refractivity contribution >= 4 is 72.4 Å². The number of hydrogen-bond donors (Lipinski definition) is 1. The van der Waals surface area contributed by atoms with Crippen molar-refractivity contribution in [3.05, 3.63) is 91.5 Å². The lowest BCUT2D eigenvalue weighted by atomic mass is 10.2. The number of hydrogen-bond acceptors (Lipinski definition) is 6. The van der Waals surface area contributed by atoms with Crippen molar-refractivity contribution < 1.29 is 28.2 Å². The fourth-order valence-electron chi connectivity index (χ4n) is 3.39. The van der Waals surface area contributed by atoms with Gasteiger partial charge in [0.1, 0.15) is 30.5 Å². The summed E-state index contributed by atoms with van der Waals surface area (Å²) < 4.78 is 25.5. The summed E-state index contributed by atoms with van der Waals surface area (Å²) in [6.45, 7) is -0.250.